The first-order chi connectivity index (χ1) is 15.9. The van der Waals surface area contributed by atoms with Crippen LogP contribution in [-0.2, 0) is 24.8 Å². The first kappa shape index (κ1) is 22.1. The number of aromatic nitrogens is 4. The molecule has 2 aliphatic rings. The van der Waals surface area contributed by atoms with Crippen LogP contribution in [-0.4, -0.2) is 49.4 Å². The highest BCUT2D eigenvalue weighted by atomic mass is 19.3. The molecule has 174 valence electrons. The zero-order chi connectivity index (χ0) is 23.0. The molecule has 0 spiro atoms. The van der Waals surface area contributed by atoms with E-state index >= 15 is 0 Å². The quantitative estimate of drug-likeness (QED) is 0.547. The second-order valence-corrected chi connectivity index (χ2v) is 9.48. The van der Waals surface area contributed by atoms with E-state index in [0.29, 0.717) is 5.69 Å². The van der Waals surface area contributed by atoms with Crippen LogP contribution in [0.15, 0.2) is 30.7 Å². The highest BCUT2D eigenvalue weighted by molar-refractivity contribution is 5.87. The highest BCUT2D eigenvalue weighted by Crippen LogP contribution is 2.37. The molecule has 0 aromatic carbocycles. The fourth-order valence-corrected chi connectivity index (χ4v) is 5.03. The van der Waals surface area contributed by atoms with E-state index in [9.17, 15) is 13.6 Å². The zero-order valence-corrected chi connectivity index (χ0v) is 18.9. The summed E-state index contributed by atoms with van der Waals surface area (Å²) < 4.78 is 28.8. The Labute approximate surface area is 192 Å². The molecular formula is C25H29F2N5O. The molecule has 3 aromatic heterocycles. The van der Waals surface area contributed by atoms with Crippen molar-refractivity contribution in [3.63, 3.8) is 0 Å². The van der Waals surface area contributed by atoms with E-state index in [4.69, 9.17) is 0 Å². The zero-order valence-electron chi connectivity index (χ0n) is 18.9. The molecule has 2 fully saturated rings. The fraction of sp³-hybridized carbons (Fsp3) is 0.520. The van der Waals surface area contributed by atoms with Crippen LogP contribution in [0.2, 0.25) is 0 Å². The summed E-state index contributed by atoms with van der Waals surface area (Å²) in [5, 5.41) is 6.34. The van der Waals surface area contributed by atoms with E-state index in [0.717, 1.165) is 47.4 Å². The molecule has 0 unspecified atom stereocenters. The second-order valence-electron chi connectivity index (χ2n) is 9.48. The van der Waals surface area contributed by atoms with E-state index in [2.05, 4.69) is 20.0 Å². The first-order valence-corrected chi connectivity index (χ1v) is 11.8. The summed E-state index contributed by atoms with van der Waals surface area (Å²) in [5.41, 5.74) is 3.68. The number of Topliss-reactive ketones (excluding diaryl/α,β-unsaturated/α-hetero) is 1. The van der Waals surface area contributed by atoms with Gasteiger partial charge in [0.1, 0.15) is 5.78 Å². The third-order valence-corrected chi connectivity index (χ3v) is 7.10. The summed E-state index contributed by atoms with van der Waals surface area (Å²) >= 11 is 0. The maximum absolute atomic E-state index is 13.4. The van der Waals surface area contributed by atoms with E-state index in [1.54, 1.807) is 12.4 Å². The van der Waals surface area contributed by atoms with E-state index < -0.39 is 5.92 Å². The topological polar surface area (TPSA) is 63.9 Å². The highest BCUT2D eigenvalue weighted by Gasteiger charge is 2.37. The number of rotatable bonds is 6. The standard InChI is InChI=1S/C25H29F2N5O/c1-31-23(16-32-8-2-3-9-32)21(15-30-31)22-11-18-10-20(28-13-19(18)14-29-22)12-24(33)17-4-6-25(26,27)7-5-17/h10-11,13-15,17H,2-9,12,16H2,1H3. The van der Waals surface area contributed by atoms with Crippen molar-refractivity contribution >= 4 is 16.6 Å². The predicted molar refractivity (Wildman–Crippen MR) is 122 cm³/mol. The molecule has 1 saturated heterocycles. The van der Waals surface area contributed by atoms with Gasteiger partial charge in [0.25, 0.3) is 0 Å². The third kappa shape index (κ3) is 4.81. The normalized spacial score (nSPS) is 19.4. The Morgan fingerprint density at radius 2 is 1.79 bits per heavy atom. The molecule has 1 saturated carbocycles. The molecule has 5 rings (SSSR count). The molecule has 6 nitrogen and oxygen atoms in total. The maximum atomic E-state index is 13.4. The van der Waals surface area contributed by atoms with Gasteiger partial charge < -0.3 is 0 Å². The Morgan fingerprint density at radius 1 is 1.06 bits per heavy atom. The Morgan fingerprint density at radius 3 is 2.55 bits per heavy atom. The molecule has 0 N–H and O–H groups in total. The second kappa shape index (κ2) is 8.89. The Balaban J connectivity index is 1.36. The van der Waals surface area contributed by atoms with Crippen molar-refractivity contribution in [2.75, 3.05) is 13.1 Å². The minimum absolute atomic E-state index is 0.00629. The number of pyridine rings is 2. The lowest BCUT2D eigenvalue weighted by molar-refractivity contribution is -0.126. The van der Waals surface area contributed by atoms with E-state index in [1.165, 1.54) is 12.8 Å². The minimum atomic E-state index is -2.62. The number of carbonyl (C=O) groups is 1. The van der Waals surface area contributed by atoms with E-state index in [1.807, 2.05) is 30.1 Å². The number of halogens is 2. The smallest absolute Gasteiger partial charge is 0.248 e. The van der Waals surface area contributed by atoms with Crippen LogP contribution in [0.1, 0.15) is 49.9 Å². The number of carbonyl (C=O) groups excluding carboxylic acids is 1. The van der Waals surface area contributed by atoms with Crippen LogP contribution in [0.3, 0.4) is 0 Å². The number of nitrogens with zero attached hydrogens (tertiary/aromatic N) is 5. The molecular weight excluding hydrogens is 424 g/mol. The number of likely N-dealkylation sites (tertiary alicyclic amines) is 1. The van der Waals surface area contributed by atoms with Crippen LogP contribution in [0.25, 0.3) is 22.0 Å². The molecule has 4 heterocycles. The van der Waals surface area contributed by atoms with Crippen LogP contribution < -0.4 is 0 Å². The lowest BCUT2D eigenvalue weighted by Crippen LogP contribution is -2.29. The maximum Gasteiger partial charge on any atom is 0.248 e. The average Bonchev–Trinajstić information content (AvgIpc) is 3.43. The van der Waals surface area contributed by atoms with Crippen molar-refractivity contribution in [2.45, 2.75) is 57.4 Å². The summed E-state index contributed by atoms with van der Waals surface area (Å²) in [7, 11) is 1.96. The number of alkyl halides is 2. The Kier molecular flexibility index (Phi) is 5.95. The minimum Gasteiger partial charge on any atom is -0.299 e. The average molecular weight is 454 g/mol. The summed E-state index contributed by atoms with van der Waals surface area (Å²) in [4.78, 5) is 24.2. The number of aryl methyl sites for hydroxylation is 1. The van der Waals surface area contributed by atoms with Gasteiger partial charge in [0, 0.05) is 67.8 Å². The van der Waals surface area contributed by atoms with Crippen LogP contribution in [0.4, 0.5) is 8.78 Å². The van der Waals surface area contributed by atoms with Crippen molar-refractivity contribution < 1.29 is 13.6 Å². The Hall–Kier alpha value is -2.74. The molecule has 1 aliphatic heterocycles. The van der Waals surface area contributed by atoms with Crippen molar-refractivity contribution in [1.82, 2.24) is 24.6 Å². The van der Waals surface area contributed by atoms with Crippen molar-refractivity contribution in [1.29, 1.82) is 0 Å². The van der Waals surface area contributed by atoms with Gasteiger partial charge in [0.05, 0.1) is 17.6 Å². The van der Waals surface area contributed by atoms with Gasteiger partial charge in [-0.05, 0) is 56.3 Å². The fourth-order valence-electron chi connectivity index (χ4n) is 5.03. The lowest BCUT2D eigenvalue weighted by atomic mass is 9.83. The van der Waals surface area contributed by atoms with Crippen molar-refractivity contribution in [3.05, 3.63) is 42.1 Å². The van der Waals surface area contributed by atoms with Gasteiger partial charge in [-0.3, -0.25) is 24.3 Å². The molecule has 33 heavy (non-hydrogen) atoms. The Bertz CT molecular complexity index is 1160. The lowest BCUT2D eigenvalue weighted by Gasteiger charge is -2.27. The van der Waals surface area contributed by atoms with Gasteiger partial charge in [0.15, 0.2) is 0 Å². The van der Waals surface area contributed by atoms with Gasteiger partial charge in [-0.25, -0.2) is 8.78 Å². The van der Waals surface area contributed by atoms with Gasteiger partial charge in [-0.2, -0.15) is 5.10 Å². The first-order valence-electron chi connectivity index (χ1n) is 11.8. The van der Waals surface area contributed by atoms with Crippen molar-refractivity contribution in [2.24, 2.45) is 13.0 Å². The van der Waals surface area contributed by atoms with Crippen molar-refractivity contribution in [3.8, 4) is 11.3 Å². The SMILES string of the molecule is Cn1ncc(-c2cc3cc(CC(=O)C4CCC(F)(F)CC4)ncc3cn2)c1CN1CCCC1. The molecule has 1 aliphatic carbocycles. The van der Waals surface area contributed by atoms with Gasteiger partial charge in [0.2, 0.25) is 5.92 Å². The summed E-state index contributed by atoms with van der Waals surface area (Å²) in [5.74, 6) is -2.91. The van der Waals surface area contributed by atoms with Crippen LogP contribution in [0, 0.1) is 5.92 Å². The van der Waals surface area contributed by atoms with Crippen LogP contribution in [0.5, 0.6) is 0 Å². The molecule has 8 heteroatoms. The van der Waals surface area contributed by atoms with Gasteiger partial charge in [-0.15, -0.1) is 0 Å². The summed E-state index contributed by atoms with van der Waals surface area (Å²) in [6.07, 6.45) is 8.17. The molecule has 0 atom stereocenters. The predicted octanol–water partition coefficient (Wildman–Crippen LogP) is 4.56. The van der Waals surface area contributed by atoms with E-state index in [-0.39, 0.29) is 43.8 Å². The van der Waals surface area contributed by atoms with Gasteiger partial charge >= 0.3 is 0 Å². The molecule has 0 radical (unpaired) electrons. The summed E-state index contributed by atoms with van der Waals surface area (Å²) in [6, 6.07) is 3.95. The van der Waals surface area contributed by atoms with Crippen LogP contribution >= 0.6 is 0 Å². The number of ketones is 1. The monoisotopic (exact) mass is 453 g/mol. The molecule has 0 bridgehead atoms. The largest absolute Gasteiger partial charge is 0.299 e. The number of fused-ring (bicyclic) bond motifs is 1. The third-order valence-electron chi connectivity index (χ3n) is 7.10. The van der Waals surface area contributed by atoms with Gasteiger partial charge in [-0.1, -0.05) is 0 Å². The number of hydrogen-bond acceptors (Lipinski definition) is 5. The molecule has 3 aromatic rings. The number of hydrogen-bond donors (Lipinski definition) is 0. The molecule has 0 amide bonds. The summed E-state index contributed by atoms with van der Waals surface area (Å²) in [6.45, 7) is 3.07.